The van der Waals surface area contributed by atoms with E-state index in [-0.39, 0.29) is 5.54 Å². The third-order valence-corrected chi connectivity index (χ3v) is 4.17. The van der Waals surface area contributed by atoms with Gasteiger partial charge in [0.05, 0.1) is 0 Å². The average Bonchev–Trinajstić information content (AvgIpc) is 2.72. The minimum Gasteiger partial charge on any atom is -0.308 e. The first-order valence-electron chi connectivity index (χ1n) is 6.90. The summed E-state index contributed by atoms with van der Waals surface area (Å²) in [6.45, 7) is 13.6. The van der Waals surface area contributed by atoms with E-state index in [4.69, 9.17) is 9.97 Å². The second-order valence-corrected chi connectivity index (χ2v) is 7.01. The van der Waals surface area contributed by atoms with Crippen LogP contribution in [0.3, 0.4) is 0 Å². The second kappa shape index (κ2) is 5.62. The van der Waals surface area contributed by atoms with Crippen molar-refractivity contribution in [2.45, 2.75) is 53.6 Å². The molecule has 4 heteroatoms. The molecule has 0 aliphatic carbocycles. The van der Waals surface area contributed by atoms with E-state index in [2.05, 4.69) is 57.6 Å². The van der Waals surface area contributed by atoms with Crippen molar-refractivity contribution in [1.82, 2.24) is 15.3 Å². The summed E-state index contributed by atoms with van der Waals surface area (Å²) in [5.74, 6) is 0.846. The number of aryl methyl sites for hydroxylation is 3. The van der Waals surface area contributed by atoms with Gasteiger partial charge in [-0.3, -0.25) is 0 Å². The van der Waals surface area contributed by atoms with E-state index in [1.54, 1.807) is 11.3 Å². The summed E-state index contributed by atoms with van der Waals surface area (Å²) in [4.78, 5) is 9.39. The maximum atomic E-state index is 4.69. The Hall–Kier alpha value is -1.26. The summed E-state index contributed by atoms with van der Waals surface area (Å²) in [6.07, 6.45) is 0. The number of thiophene rings is 1. The fourth-order valence-electron chi connectivity index (χ4n) is 2.06. The van der Waals surface area contributed by atoms with Crippen molar-refractivity contribution in [3.63, 3.8) is 0 Å². The van der Waals surface area contributed by atoms with Crippen LogP contribution in [0.5, 0.6) is 0 Å². The molecule has 0 saturated carbocycles. The highest BCUT2D eigenvalue weighted by Crippen LogP contribution is 2.25. The molecule has 0 unspecified atom stereocenters. The third kappa shape index (κ3) is 3.44. The number of nitrogens with zero attached hydrogens (tertiary/aromatic N) is 2. The van der Waals surface area contributed by atoms with Gasteiger partial charge >= 0.3 is 0 Å². The predicted molar refractivity (Wildman–Crippen MR) is 86.1 cm³/mol. The van der Waals surface area contributed by atoms with Crippen LogP contribution in [0.15, 0.2) is 10.8 Å². The van der Waals surface area contributed by atoms with E-state index in [0.29, 0.717) is 0 Å². The molecule has 0 amide bonds. The lowest BCUT2D eigenvalue weighted by Crippen LogP contribution is -2.35. The van der Waals surface area contributed by atoms with Crippen molar-refractivity contribution in [1.29, 1.82) is 0 Å². The number of hydrogen-bond donors (Lipinski definition) is 1. The lowest BCUT2D eigenvalue weighted by Gasteiger charge is -2.22. The SMILES string of the molecule is Cc1cscc1-c1nc(C)c(CNC(C)(C)C)c(C)n1. The normalized spacial score (nSPS) is 11.9. The quantitative estimate of drug-likeness (QED) is 0.927. The zero-order valence-electron chi connectivity index (χ0n) is 13.2. The monoisotopic (exact) mass is 289 g/mol. The van der Waals surface area contributed by atoms with Gasteiger partial charge in [0, 0.05) is 40.0 Å². The van der Waals surface area contributed by atoms with E-state index in [0.717, 1.165) is 29.3 Å². The fraction of sp³-hybridized carbons (Fsp3) is 0.500. The molecule has 2 heterocycles. The molecular weight excluding hydrogens is 266 g/mol. The first-order chi connectivity index (χ1) is 9.28. The molecule has 0 fully saturated rings. The fourth-order valence-corrected chi connectivity index (χ4v) is 2.89. The first kappa shape index (κ1) is 15.1. The maximum Gasteiger partial charge on any atom is 0.160 e. The molecule has 0 radical (unpaired) electrons. The van der Waals surface area contributed by atoms with Crippen LogP contribution in [0.2, 0.25) is 0 Å². The van der Waals surface area contributed by atoms with Gasteiger partial charge < -0.3 is 5.32 Å². The molecule has 1 N–H and O–H groups in total. The van der Waals surface area contributed by atoms with Crippen LogP contribution in [0, 0.1) is 20.8 Å². The van der Waals surface area contributed by atoms with Gasteiger partial charge in [-0.15, -0.1) is 0 Å². The second-order valence-electron chi connectivity index (χ2n) is 6.27. The van der Waals surface area contributed by atoms with Crippen LogP contribution in [0.1, 0.15) is 43.3 Å². The highest BCUT2D eigenvalue weighted by molar-refractivity contribution is 7.08. The average molecular weight is 289 g/mol. The van der Waals surface area contributed by atoms with Crippen molar-refractivity contribution in [2.75, 3.05) is 0 Å². The van der Waals surface area contributed by atoms with Crippen LogP contribution in [0.25, 0.3) is 11.4 Å². The lowest BCUT2D eigenvalue weighted by atomic mass is 10.1. The molecule has 108 valence electrons. The van der Waals surface area contributed by atoms with Gasteiger partial charge in [-0.2, -0.15) is 11.3 Å². The molecule has 0 aliphatic rings. The summed E-state index contributed by atoms with van der Waals surface area (Å²) < 4.78 is 0. The van der Waals surface area contributed by atoms with Gasteiger partial charge in [-0.25, -0.2) is 9.97 Å². The molecule has 0 atom stereocenters. The lowest BCUT2D eigenvalue weighted by molar-refractivity contribution is 0.422. The smallest absolute Gasteiger partial charge is 0.160 e. The van der Waals surface area contributed by atoms with Gasteiger partial charge in [-0.05, 0) is 52.5 Å². The van der Waals surface area contributed by atoms with Crippen LogP contribution < -0.4 is 5.32 Å². The number of nitrogens with one attached hydrogen (secondary N) is 1. The Morgan fingerprint density at radius 2 is 1.65 bits per heavy atom. The van der Waals surface area contributed by atoms with Crippen molar-refractivity contribution in [2.24, 2.45) is 0 Å². The molecule has 2 aromatic rings. The topological polar surface area (TPSA) is 37.8 Å². The Morgan fingerprint density at radius 1 is 1.05 bits per heavy atom. The molecular formula is C16H23N3S. The highest BCUT2D eigenvalue weighted by atomic mass is 32.1. The first-order valence-corrected chi connectivity index (χ1v) is 7.84. The van der Waals surface area contributed by atoms with Crippen molar-refractivity contribution in [3.05, 3.63) is 33.3 Å². The minimum absolute atomic E-state index is 0.0987. The highest BCUT2D eigenvalue weighted by Gasteiger charge is 2.14. The Labute approximate surface area is 125 Å². The number of aromatic nitrogens is 2. The maximum absolute atomic E-state index is 4.69. The summed E-state index contributed by atoms with van der Waals surface area (Å²) in [6, 6.07) is 0. The Kier molecular flexibility index (Phi) is 4.25. The third-order valence-electron chi connectivity index (χ3n) is 3.31. The molecule has 3 nitrogen and oxygen atoms in total. The molecule has 2 aromatic heterocycles. The van der Waals surface area contributed by atoms with Crippen LogP contribution in [0.4, 0.5) is 0 Å². The van der Waals surface area contributed by atoms with Crippen LogP contribution in [-0.2, 0) is 6.54 Å². The van der Waals surface area contributed by atoms with Gasteiger partial charge in [-0.1, -0.05) is 0 Å². The number of rotatable bonds is 3. The zero-order valence-corrected chi connectivity index (χ0v) is 14.0. The van der Waals surface area contributed by atoms with E-state index < -0.39 is 0 Å². The zero-order chi connectivity index (χ0) is 14.9. The van der Waals surface area contributed by atoms with Crippen LogP contribution >= 0.6 is 11.3 Å². The van der Waals surface area contributed by atoms with Crippen molar-refractivity contribution >= 4 is 11.3 Å². The van der Waals surface area contributed by atoms with Gasteiger partial charge in [0.15, 0.2) is 5.82 Å². The van der Waals surface area contributed by atoms with E-state index in [1.165, 1.54) is 11.1 Å². The molecule has 2 rings (SSSR count). The van der Waals surface area contributed by atoms with E-state index in [9.17, 15) is 0 Å². The largest absolute Gasteiger partial charge is 0.308 e. The summed E-state index contributed by atoms with van der Waals surface area (Å²) in [5, 5.41) is 7.77. The number of hydrogen-bond acceptors (Lipinski definition) is 4. The van der Waals surface area contributed by atoms with Crippen molar-refractivity contribution < 1.29 is 0 Å². The summed E-state index contributed by atoms with van der Waals surface area (Å²) >= 11 is 1.70. The van der Waals surface area contributed by atoms with Gasteiger partial charge in [0.2, 0.25) is 0 Å². The van der Waals surface area contributed by atoms with Gasteiger partial charge in [0.25, 0.3) is 0 Å². The Balaban J connectivity index is 2.32. The Morgan fingerprint density at radius 3 is 2.10 bits per heavy atom. The van der Waals surface area contributed by atoms with Gasteiger partial charge in [0.1, 0.15) is 0 Å². The minimum atomic E-state index is 0.0987. The molecule has 20 heavy (non-hydrogen) atoms. The molecule has 0 spiro atoms. The predicted octanol–water partition coefficient (Wildman–Crippen LogP) is 4.02. The molecule has 0 aliphatic heterocycles. The Bertz CT molecular complexity index is 585. The van der Waals surface area contributed by atoms with Crippen LogP contribution in [-0.4, -0.2) is 15.5 Å². The summed E-state index contributed by atoms with van der Waals surface area (Å²) in [5.41, 5.74) is 5.83. The van der Waals surface area contributed by atoms with E-state index in [1.807, 2.05) is 0 Å². The molecule has 0 bridgehead atoms. The molecule has 0 saturated heterocycles. The molecule has 0 aromatic carbocycles. The van der Waals surface area contributed by atoms with E-state index >= 15 is 0 Å². The summed E-state index contributed by atoms with van der Waals surface area (Å²) in [7, 11) is 0. The standard InChI is InChI=1S/C16H23N3S/c1-10-8-20-9-14(10)15-18-11(2)13(12(3)19-15)7-17-16(4,5)6/h8-9,17H,7H2,1-6H3. The van der Waals surface area contributed by atoms with Crippen molar-refractivity contribution in [3.8, 4) is 11.4 Å².